The van der Waals surface area contributed by atoms with E-state index in [4.69, 9.17) is 4.98 Å². The first-order chi connectivity index (χ1) is 14.3. The van der Waals surface area contributed by atoms with Crippen LogP contribution in [0.2, 0.25) is 0 Å². The fraction of sp³-hybridized carbons (Fsp3) is 0.217. The van der Waals surface area contributed by atoms with Gasteiger partial charge in [-0.1, -0.05) is 42.1 Å². The Balaban J connectivity index is 2.09. The van der Waals surface area contributed by atoms with E-state index < -0.39 is 5.25 Å². The van der Waals surface area contributed by atoms with Crippen LogP contribution in [0.4, 0.5) is 0 Å². The van der Waals surface area contributed by atoms with Gasteiger partial charge in [-0.25, -0.2) is 4.98 Å². The zero-order valence-corrected chi connectivity index (χ0v) is 18.0. The van der Waals surface area contributed by atoms with E-state index in [-0.39, 0.29) is 17.1 Å². The number of nitrogens with zero attached hydrogens (tertiary/aromatic N) is 2. The largest absolute Gasteiger partial charge is 0.349 e. The topological polar surface area (TPSA) is 84.8 Å². The van der Waals surface area contributed by atoms with E-state index >= 15 is 0 Å². The average molecular weight is 420 g/mol. The quantitative estimate of drug-likeness (QED) is 0.299. The molecule has 0 aliphatic heterocycles. The Morgan fingerprint density at radius 2 is 1.73 bits per heavy atom. The second-order valence-electron chi connectivity index (χ2n) is 7.37. The second kappa shape index (κ2) is 7.57. The van der Waals surface area contributed by atoms with Gasteiger partial charge in [0.1, 0.15) is 16.3 Å². The van der Waals surface area contributed by atoms with Crippen LogP contribution in [0.25, 0.3) is 27.6 Å². The lowest BCUT2D eigenvalue weighted by atomic mass is 10.1. The normalized spacial score (nSPS) is 11.5. The highest BCUT2D eigenvalue weighted by molar-refractivity contribution is 8.01. The number of Topliss-reactive ketones (excluding diaryl/α,β-unsaturated/α-hetero) is 2. The van der Waals surface area contributed by atoms with Crippen molar-refractivity contribution in [3.8, 4) is 5.69 Å². The fourth-order valence-electron chi connectivity index (χ4n) is 3.57. The molecule has 0 unspecified atom stereocenters. The minimum Gasteiger partial charge on any atom is -0.349 e. The van der Waals surface area contributed by atoms with E-state index in [2.05, 4.69) is 4.98 Å². The van der Waals surface area contributed by atoms with Crippen LogP contribution in [0.1, 0.15) is 25.0 Å². The van der Waals surface area contributed by atoms with Crippen molar-refractivity contribution in [1.29, 1.82) is 0 Å². The van der Waals surface area contributed by atoms with Crippen molar-refractivity contribution >= 4 is 45.3 Å². The van der Waals surface area contributed by atoms with Crippen LogP contribution in [0.15, 0.2) is 52.4 Å². The lowest BCUT2D eigenvalue weighted by molar-refractivity contribution is -0.123. The first-order valence-corrected chi connectivity index (χ1v) is 10.4. The number of ketones is 2. The van der Waals surface area contributed by atoms with Gasteiger partial charge in [0, 0.05) is 10.9 Å². The summed E-state index contributed by atoms with van der Waals surface area (Å²) in [6.07, 6.45) is 0. The van der Waals surface area contributed by atoms with Crippen LogP contribution < -0.4 is 5.56 Å². The zero-order chi connectivity index (χ0) is 21.6. The molecule has 2 heterocycles. The maximum atomic E-state index is 13.6. The third-order valence-corrected chi connectivity index (χ3v) is 6.66. The molecule has 0 radical (unpaired) electrons. The molecule has 4 aromatic rings. The molecule has 0 saturated carbocycles. The van der Waals surface area contributed by atoms with Gasteiger partial charge in [-0.15, -0.1) is 0 Å². The molecular formula is C23H21N3O3S. The summed E-state index contributed by atoms with van der Waals surface area (Å²) in [7, 11) is 0. The van der Waals surface area contributed by atoms with Gasteiger partial charge >= 0.3 is 0 Å². The third kappa shape index (κ3) is 3.25. The molecule has 2 aromatic heterocycles. The Bertz CT molecular complexity index is 1370. The van der Waals surface area contributed by atoms with Gasteiger partial charge in [0.2, 0.25) is 0 Å². The Kier molecular flexibility index (Phi) is 5.07. The number of fused-ring (bicyclic) bond motifs is 3. The maximum Gasteiger partial charge on any atom is 0.283 e. The number of hydrogen-bond acceptors (Lipinski definition) is 5. The first kappa shape index (κ1) is 20.1. The second-order valence-corrected chi connectivity index (χ2v) is 8.44. The molecule has 0 atom stereocenters. The lowest BCUT2D eigenvalue weighted by Crippen LogP contribution is -2.27. The number of hydrogen-bond donors (Lipinski definition) is 1. The van der Waals surface area contributed by atoms with Gasteiger partial charge in [-0.3, -0.25) is 19.0 Å². The Morgan fingerprint density at radius 3 is 2.43 bits per heavy atom. The molecule has 0 fully saturated rings. The predicted molar refractivity (Wildman–Crippen MR) is 120 cm³/mol. The highest BCUT2D eigenvalue weighted by atomic mass is 32.2. The van der Waals surface area contributed by atoms with Gasteiger partial charge in [-0.05, 0) is 51.0 Å². The summed E-state index contributed by atoms with van der Waals surface area (Å²) < 4.78 is 1.50. The first-order valence-electron chi connectivity index (χ1n) is 9.57. The van der Waals surface area contributed by atoms with Crippen LogP contribution in [-0.4, -0.2) is 31.4 Å². The highest BCUT2D eigenvalue weighted by Crippen LogP contribution is 2.30. The molecule has 7 heteroatoms. The summed E-state index contributed by atoms with van der Waals surface area (Å²) in [5.74, 6) is -0.540. The molecule has 0 saturated heterocycles. The van der Waals surface area contributed by atoms with Crippen LogP contribution in [0.3, 0.4) is 0 Å². The number of H-pyrrole nitrogens is 1. The number of aryl methyl sites for hydroxylation is 1. The molecule has 2 aromatic carbocycles. The Labute approximate surface area is 177 Å². The molecule has 0 amide bonds. The van der Waals surface area contributed by atoms with Crippen molar-refractivity contribution in [2.24, 2.45) is 0 Å². The molecule has 0 aliphatic rings. The average Bonchev–Trinajstić information content (AvgIpc) is 3.07. The summed E-state index contributed by atoms with van der Waals surface area (Å²) in [5, 5.41) is 0.221. The number of benzene rings is 2. The highest BCUT2D eigenvalue weighted by Gasteiger charge is 2.26. The summed E-state index contributed by atoms with van der Waals surface area (Å²) in [6.45, 7) is 6.67. The van der Waals surface area contributed by atoms with Gasteiger partial charge in [0.05, 0.1) is 5.69 Å². The van der Waals surface area contributed by atoms with E-state index in [1.165, 1.54) is 18.4 Å². The molecule has 152 valence electrons. The van der Waals surface area contributed by atoms with E-state index in [9.17, 15) is 14.4 Å². The fourth-order valence-corrected chi connectivity index (χ4v) is 4.54. The molecule has 0 spiro atoms. The van der Waals surface area contributed by atoms with Crippen molar-refractivity contribution in [3.05, 3.63) is 63.9 Å². The number of carbonyl (C=O) groups is 2. The SMILES string of the molecule is CC(=O)C(Sc1nc2c([nH]c3ccccc32)c(=O)n1-c1cccc(C)c1C)C(C)=O. The van der Waals surface area contributed by atoms with Gasteiger partial charge < -0.3 is 4.98 Å². The van der Waals surface area contributed by atoms with Crippen molar-refractivity contribution in [1.82, 2.24) is 14.5 Å². The maximum absolute atomic E-state index is 13.6. The molecule has 0 bridgehead atoms. The van der Waals surface area contributed by atoms with Crippen molar-refractivity contribution < 1.29 is 9.59 Å². The summed E-state index contributed by atoms with van der Waals surface area (Å²) in [5.41, 5.74) is 4.11. The predicted octanol–water partition coefficient (Wildman–Crippen LogP) is 4.12. The smallest absolute Gasteiger partial charge is 0.283 e. The Morgan fingerprint density at radius 1 is 1.03 bits per heavy atom. The van der Waals surface area contributed by atoms with Gasteiger partial charge in [-0.2, -0.15) is 0 Å². The van der Waals surface area contributed by atoms with Crippen LogP contribution in [0, 0.1) is 13.8 Å². The van der Waals surface area contributed by atoms with E-state index in [0.29, 0.717) is 21.9 Å². The molecule has 0 aliphatic carbocycles. The number of nitrogens with one attached hydrogen (secondary N) is 1. The van der Waals surface area contributed by atoms with E-state index in [1.54, 1.807) is 0 Å². The minimum absolute atomic E-state index is 0.266. The Hall–Kier alpha value is -3.19. The summed E-state index contributed by atoms with van der Waals surface area (Å²) in [6, 6.07) is 13.2. The summed E-state index contributed by atoms with van der Waals surface area (Å²) in [4.78, 5) is 45.8. The number of carbonyl (C=O) groups excluding carboxylic acids is 2. The number of thioether (sulfide) groups is 1. The van der Waals surface area contributed by atoms with Gasteiger partial charge in [0.25, 0.3) is 5.56 Å². The standard InChI is InChI=1S/C23H21N3O3S/c1-12-8-7-11-18(13(12)2)26-22(29)20-19(16-9-5-6-10-17(16)24-20)25-23(26)30-21(14(3)27)15(4)28/h5-11,21,24H,1-4H3. The number of rotatable bonds is 5. The molecule has 6 nitrogen and oxygen atoms in total. The molecule has 1 N–H and O–H groups in total. The van der Waals surface area contributed by atoms with Crippen molar-refractivity contribution in [2.45, 2.75) is 38.1 Å². The van der Waals surface area contributed by atoms with E-state index in [0.717, 1.165) is 33.8 Å². The van der Waals surface area contributed by atoms with Crippen LogP contribution >= 0.6 is 11.8 Å². The lowest BCUT2D eigenvalue weighted by Gasteiger charge is -2.17. The molecule has 4 rings (SSSR count). The van der Waals surface area contributed by atoms with Gasteiger partial charge in [0.15, 0.2) is 16.7 Å². The monoisotopic (exact) mass is 419 g/mol. The zero-order valence-electron chi connectivity index (χ0n) is 17.1. The number of aromatic nitrogens is 3. The van der Waals surface area contributed by atoms with E-state index in [1.807, 2.05) is 56.3 Å². The van der Waals surface area contributed by atoms with Crippen LogP contribution in [-0.2, 0) is 9.59 Å². The van der Waals surface area contributed by atoms with Crippen molar-refractivity contribution in [2.75, 3.05) is 0 Å². The molecular weight excluding hydrogens is 398 g/mol. The van der Waals surface area contributed by atoms with Crippen molar-refractivity contribution in [3.63, 3.8) is 0 Å². The van der Waals surface area contributed by atoms with Crippen LogP contribution in [0.5, 0.6) is 0 Å². The number of para-hydroxylation sites is 1. The minimum atomic E-state index is -0.920. The third-order valence-electron chi connectivity index (χ3n) is 5.27. The number of aromatic amines is 1. The molecule has 30 heavy (non-hydrogen) atoms. The summed E-state index contributed by atoms with van der Waals surface area (Å²) >= 11 is 1.02.